The Morgan fingerprint density at radius 2 is 1.54 bits per heavy atom. The van der Waals surface area contributed by atoms with Gasteiger partial charge in [0.25, 0.3) is 0 Å². The summed E-state index contributed by atoms with van der Waals surface area (Å²) in [6.07, 6.45) is 19.7. The SMILES string of the molecule is C/C=C/CCC1CCC(CCc2ccc3c(F)c(C#Cc4ccc(CCCCC)cc4)ccc3c2)CC1. The number of halogens is 1. The Kier molecular flexibility index (Phi) is 10.4. The van der Waals surface area contributed by atoms with Gasteiger partial charge in [-0.15, -0.1) is 0 Å². The summed E-state index contributed by atoms with van der Waals surface area (Å²) in [5, 5.41) is 1.65. The topological polar surface area (TPSA) is 0 Å². The molecule has 0 aliphatic heterocycles. The molecule has 0 bridgehead atoms. The summed E-state index contributed by atoms with van der Waals surface area (Å²) in [6, 6.07) is 18.5. The van der Waals surface area contributed by atoms with E-state index in [0.29, 0.717) is 10.9 Å². The molecule has 0 nitrogen and oxygen atoms in total. The first kappa shape index (κ1) is 27.2. The van der Waals surface area contributed by atoms with Crippen molar-refractivity contribution in [3.8, 4) is 11.8 Å². The van der Waals surface area contributed by atoms with Crippen molar-refractivity contribution in [2.75, 3.05) is 0 Å². The van der Waals surface area contributed by atoms with E-state index in [0.717, 1.165) is 35.6 Å². The van der Waals surface area contributed by atoms with Crippen molar-refractivity contribution in [2.24, 2.45) is 11.8 Å². The Bertz CT molecular complexity index is 1210. The number of benzene rings is 3. The molecule has 1 saturated carbocycles. The lowest BCUT2D eigenvalue weighted by atomic mass is 9.78. The molecule has 194 valence electrons. The first-order valence-electron chi connectivity index (χ1n) is 14.6. The fraction of sp³-hybridized carbons (Fsp3) is 0.444. The number of unbranched alkanes of at least 4 members (excludes halogenated alkanes) is 2. The summed E-state index contributed by atoms with van der Waals surface area (Å²) in [5.74, 6) is 7.78. The van der Waals surface area contributed by atoms with Crippen molar-refractivity contribution in [1.82, 2.24) is 0 Å². The molecule has 0 saturated heterocycles. The lowest BCUT2D eigenvalue weighted by Gasteiger charge is -2.28. The average molecular weight is 495 g/mol. The van der Waals surface area contributed by atoms with Gasteiger partial charge in [0.1, 0.15) is 5.82 Å². The molecule has 3 aromatic carbocycles. The van der Waals surface area contributed by atoms with Gasteiger partial charge in [-0.25, -0.2) is 4.39 Å². The molecule has 4 rings (SSSR count). The molecule has 0 amide bonds. The molecule has 3 aromatic rings. The molecule has 1 heteroatoms. The number of aryl methyl sites for hydroxylation is 2. The Balaban J connectivity index is 1.33. The zero-order chi connectivity index (χ0) is 25.9. The molecular weight excluding hydrogens is 451 g/mol. The van der Waals surface area contributed by atoms with Crippen LogP contribution in [0.25, 0.3) is 10.8 Å². The van der Waals surface area contributed by atoms with Crippen molar-refractivity contribution < 1.29 is 4.39 Å². The first-order valence-corrected chi connectivity index (χ1v) is 14.6. The fourth-order valence-corrected chi connectivity index (χ4v) is 5.74. The van der Waals surface area contributed by atoms with Gasteiger partial charge in [-0.3, -0.25) is 0 Å². The Labute approximate surface area is 224 Å². The third kappa shape index (κ3) is 8.07. The molecule has 1 aliphatic carbocycles. The minimum atomic E-state index is -0.205. The molecule has 0 unspecified atom stereocenters. The maximum absolute atomic E-state index is 15.3. The quantitative estimate of drug-likeness (QED) is 0.149. The number of hydrogen-bond acceptors (Lipinski definition) is 0. The van der Waals surface area contributed by atoms with Crippen molar-refractivity contribution in [3.05, 3.63) is 94.8 Å². The van der Waals surface area contributed by atoms with Crippen molar-refractivity contribution in [1.29, 1.82) is 0 Å². The van der Waals surface area contributed by atoms with E-state index < -0.39 is 0 Å². The van der Waals surface area contributed by atoms with Crippen LogP contribution in [0.3, 0.4) is 0 Å². The van der Waals surface area contributed by atoms with Gasteiger partial charge in [0.15, 0.2) is 0 Å². The minimum absolute atomic E-state index is 0.205. The predicted octanol–water partition coefficient (Wildman–Crippen LogP) is 10.2. The Morgan fingerprint density at radius 1 is 0.811 bits per heavy atom. The number of fused-ring (bicyclic) bond motifs is 1. The van der Waals surface area contributed by atoms with Gasteiger partial charge in [-0.1, -0.05) is 106 Å². The van der Waals surface area contributed by atoms with Crippen molar-refractivity contribution in [2.45, 2.75) is 90.9 Å². The third-order valence-electron chi connectivity index (χ3n) is 8.17. The Hall–Kier alpha value is -2.85. The number of allylic oxidation sites excluding steroid dienone is 2. The van der Waals surface area contributed by atoms with Crippen LogP contribution in [-0.2, 0) is 12.8 Å². The van der Waals surface area contributed by atoms with Crippen LogP contribution < -0.4 is 0 Å². The summed E-state index contributed by atoms with van der Waals surface area (Å²) < 4.78 is 15.3. The maximum atomic E-state index is 15.3. The highest BCUT2D eigenvalue weighted by Gasteiger charge is 2.20. The van der Waals surface area contributed by atoms with Crippen LogP contribution in [0.1, 0.15) is 100 Å². The van der Waals surface area contributed by atoms with Crippen LogP contribution in [0, 0.1) is 29.5 Å². The smallest absolute Gasteiger partial charge is 0.146 e. The Morgan fingerprint density at radius 3 is 2.27 bits per heavy atom. The first-order chi connectivity index (χ1) is 18.2. The molecule has 1 fully saturated rings. The number of rotatable bonds is 10. The molecular formula is C36H43F. The van der Waals surface area contributed by atoms with E-state index in [2.05, 4.69) is 74.2 Å². The van der Waals surface area contributed by atoms with Gasteiger partial charge in [0, 0.05) is 10.9 Å². The largest absolute Gasteiger partial charge is 0.205 e. The van der Waals surface area contributed by atoms with Gasteiger partial charge in [-0.05, 0) is 92.0 Å². The molecule has 0 radical (unpaired) electrons. The van der Waals surface area contributed by atoms with E-state index in [4.69, 9.17) is 0 Å². The zero-order valence-electron chi connectivity index (χ0n) is 22.9. The van der Waals surface area contributed by atoms with Gasteiger partial charge in [0.2, 0.25) is 0 Å². The lowest BCUT2D eigenvalue weighted by molar-refractivity contribution is 0.254. The highest BCUT2D eigenvalue weighted by Crippen LogP contribution is 2.34. The van der Waals surface area contributed by atoms with E-state index in [1.807, 2.05) is 18.2 Å². The summed E-state index contributed by atoms with van der Waals surface area (Å²) in [5.41, 5.74) is 4.07. The highest BCUT2D eigenvalue weighted by molar-refractivity contribution is 5.85. The van der Waals surface area contributed by atoms with Gasteiger partial charge < -0.3 is 0 Å². The number of hydrogen-bond donors (Lipinski definition) is 0. The fourth-order valence-electron chi connectivity index (χ4n) is 5.74. The van der Waals surface area contributed by atoms with E-state index >= 15 is 4.39 Å². The average Bonchev–Trinajstić information content (AvgIpc) is 2.93. The van der Waals surface area contributed by atoms with Crippen LogP contribution in [0.5, 0.6) is 0 Å². The monoisotopic (exact) mass is 494 g/mol. The van der Waals surface area contributed by atoms with Crippen LogP contribution in [-0.4, -0.2) is 0 Å². The second-order valence-corrected chi connectivity index (χ2v) is 11.0. The van der Waals surface area contributed by atoms with Crippen LogP contribution in [0.15, 0.2) is 66.7 Å². The van der Waals surface area contributed by atoms with Gasteiger partial charge >= 0.3 is 0 Å². The standard InChI is InChI=1S/C36H43F/c1-3-5-7-9-28-11-15-30(16-12-28)19-20-32-22-26-35-34(27-32)25-24-33(36(35)37)23-21-31-17-13-29(14-18-31)10-8-6-4-2/h3,5,13-14,17-18,22,24-28,30H,4,6-12,15-16,19-20H2,1-2H3/b5-3+. The predicted molar refractivity (Wildman–Crippen MR) is 157 cm³/mol. The molecule has 0 N–H and O–H groups in total. The van der Waals surface area contributed by atoms with Crippen LogP contribution in [0.2, 0.25) is 0 Å². The van der Waals surface area contributed by atoms with Crippen molar-refractivity contribution >= 4 is 10.8 Å². The third-order valence-corrected chi connectivity index (χ3v) is 8.17. The van der Waals surface area contributed by atoms with Gasteiger partial charge in [-0.2, -0.15) is 0 Å². The van der Waals surface area contributed by atoms with E-state index in [9.17, 15) is 0 Å². The minimum Gasteiger partial charge on any atom is -0.205 e. The van der Waals surface area contributed by atoms with E-state index in [1.165, 1.54) is 75.3 Å². The summed E-state index contributed by atoms with van der Waals surface area (Å²) in [7, 11) is 0. The summed E-state index contributed by atoms with van der Waals surface area (Å²) in [4.78, 5) is 0. The molecule has 1 aliphatic rings. The lowest BCUT2D eigenvalue weighted by Crippen LogP contribution is -2.15. The normalized spacial score (nSPS) is 17.7. The summed E-state index contributed by atoms with van der Waals surface area (Å²) in [6.45, 7) is 4.34. The summed E-state index contributed by atoms with van der Waals surface area (Å²) >= 11 is 0. The molecule has 0 heterocycles. The molecule has 37 heavy (non-hydrogen) atoms. The molecule has 0 spiro atoms. The van der Waals surface area contributed by atoms with Crippen molar-refractivity contribution in [3.63, 3.8) is 0 Å². The second-order valence-electron chi connectivity index (χ2n) is 11.0. The van der Waals surface area contributed by atoms with Crippen LogP contribution in [0.4, 0.5) is 4.39 Å². The van der Waals surface area contributed by atoms with E-state index in [1.54, 1.807) is 0 Å². The van der Waals surface area contributed by atoms with Crippen LogP contribution >= 0.6 is 0 Å². The molecule has 0 atom stereocenters. The van der Waals surface area contributed by atoms with Gasteiger partial charge in [0.05, 0.1) is 5.56 Å². The zero-order valence-corrected chi connectivity index (χ0v) is 22.9. The highest BCUT2D eigenvalue weighted by atomic mass is 19.1. The second kappa shape index (κ2) is 14.2. The maximum Gasteiger partial charge on any atom is 0.146 e. The molecule has 0 aromatic heterocycles. The van der Waals surface area contributed by atoms with E-state index in [-0.39, 0.29) is 5.82 Å².